The number of nitro benzene ring substituents is 1. The highest BCUT2D eigenvalue weighted by Gasteiger charge is 2.45. The van der Waals surface area contributed by atoms with E-state index in [9.17, 15) is 20.2 Å². The van der Waals surface area contributed by atoms with Gasteiger partial charge in [-0.15, -0.1) is 0 Å². The summed E-state index contributed by atoms with van der Waals surface area (Å²) in [5.41, 5.74) is 10.7. The minimum Gasteiger partial charge on any atom is -0.496 e. The van der Waals surface area contributed by atoms with E-state index < -0.39 is 10.8 Å². The fourth-order valence-electron chi connectivity index (χ4n) is 5.83. The zero-order valence-corrected chi connectivity index (χ0v) is 23.9. The van der Waals surface area contributed by atoms with Crippen molar-refractivity contribution < 1.29 is 24.2 Å². The molecule has 1 aromatic heterocycles. The van der Waals surface area contributed by atoms with Gasteiger partial charge >= 0.3 is 0 Å². The molecule has 0 radical (unpaired) electrons. The van der Waals surface area contributed by atoms with E-state index in [0.717, 1.165) is 11.4 Å². The number of nitrogens with one attached hydrogen (secondary N) is 1. The van der Waals surface area contributed by atoms with Crippen LogP contribution in [0.3, 0.4) is 0 Å². The molecule has 5 rings (SSSR count). The van der Waals surface area contributed by atoms with E-state index in [0.29, 0.717) is 46.6 Å². The Hall–Kier alpha value is -5.17. The van der Waals surface area contributed by atoms with E-state index in [1.807, 2.05) is 29.2 Å². The van der Waals surface area contributed by atoms with Crippen molar-refractivity contribution in [2.45, 2.75) is 46.1 Å². The zero-order valence-electron chi connectivity index (χ0n) is 23.9. The van der Waals surface area contributed by atoms with Crippen molar-refractivity contribution in [1.82, 2.24) is 0 Å². The van der Waals surface area contributed by atoms with Gasteiger partial charge in [-0.05, 0) is 54.7 Å². The zero-order chi connectivity index (χ0) is 30.2. The third-order valence-corrected chi connectivity index (χ3v) is 7.73. The van der Waals surface area contributed by atoms with Gasteiger partial charge < -0.3 is 15.2 Å². The summed E-state index contributed by atoms with van der Waals surface area (Å²) in [6.45, 7) is 5.86. The van der Waals surface area contributed by atoms with Crippen LogP contribution in [0.1, 0.15) is 49.3 Å². The molecule has 1 atom stereocenters. The summed E-state index contributed by atoms with van der Waals surface area (Å²) in [6.07, 6.45) is 4.53. The number of pyridine rings is 1. The molecule has 0 saturated carbocycles. The van der Waals surface area contributed by atoms with Gasteiger partial charge in [0.2, 0.25) is 0 Å². The van der Waals surface area contributed by atoms with Crippen molar-refractivity contribution in [2.75, 3.05) is 12.0 Å². The molecule has 3 aromatic rings. The van der Waals surface area contributed by atoms with Crippen molar-refractivity contribution in [3.05, 3.63) is 110 Å². The van der Waals surface area contributed by atoms with Gasteiger partial charge in [-0.3, -0.25) is 19.8 Å². The molecule has 2 aromatic carbocycles. The molecule has 1 aliphatic heterocycles. The minimum atomic E-state index is -0.663. The molecule has 10 heteroatoms. The number of hydrogen-bond donors (Lipinski definition) is 1. The molecule has 0 fully saturated rings. The van der Waals surface area contributed by atoms with Crippen molar-refractivity contribution in [3.8, 4) is 17.6 Å². The number of ether oxygens (including phenoxy) is 2. The van der Waals surface area contributed by atoms with Gasteiger partial charge in [0.15, 0.2) is 18.2 Å². The first-order valence-corrected chi connectivity index (χ1v) is 13.5. The first-order valence-electron chi connectivity index (χ1n) is 13.5. The van der Waals surface area contributed by atoms with Crippen LogP contribution in [0, 0.1) is 33.8 Å². The predicted octanol–water partition coefficient (Wildman–Crippen LogP) is 5.25. The van der Waals surface area contributed by atoms with Crippen molar-refractivity contribution >= 4 is 17.2 Å². The number of nitrogens with two attached hydrogens (primary N) is 1. The molecule has 10 nitrogen and oxygen atoms in total. The molecule has 1 unspecified atom stereocenters. The first-order chi connectivity index (χ1) is 20.0. The van der Waals surface area contributed by atoms with E-state index in [-0.39, 0.29) is 34.9 Å². The molecule has 2 aliphatic rings. The van der Waals surface area contributed by atoms with E-state index in [1.54, 1.807) is 44.6 Å². The van der Waals surface area contributed by atoms with Crippen LogP contribution in [0.4, 0.5) is 11.4 Å². The van der Waals surface area contributed by atoms with E-state index in [1.165, 1.54) is 6.07 Å². The van der Waals surface area contributed by atoms with Crippen LogP contribution in [-0.2, 0) is 11.4 Å². The third kappa shape index (κ3) is 5.17. The quantitative estimate of drug-likeness (QED) is 0.302. The topological polar surface area (TPSA) is 146 Å². The Labute approximate surface area is 243 Å². The highest BCUT2D eigenvalue weighted by Crippen LogP contribution is 2.50. The molecule has 0 spiro atoms. The second-order valence-electron chi connectivity index (χ2n) is 11.3. The van der Waals surface area contributed by atoms with Gasteiger partial charge in [-0.25, -0.2) is 4.98 Å². The fourth-order valence-corrected chi connectivity index (χ4v) is 5.83. The number of ketones is 1. The Morgan fingerprint density at radius 1 is 1.21 bits per heavy atom. The number of hydrogen-bond acceptors (Lipinski definition) is 8. The normalized spacial score (nSPS) is 17.9. The Bertz CT molecular complexity index is 1690. The van der Waals surface area contributed by atoms with Gasteiger partial charge in [0.25, 0.3) is 5.69 Å². The summed E-state index contributed by atoms with van der Waals surface area (Å²) in [5, 5.41) is 21.6. The lowest BCUT2D eigenvalue weighted by molar-refractivity contribution is -0.385. The predicted molar refractivity (Wildman–Crippen MR) is 155 cm³/mol. The largest absolute Gasteiger partial charge is 0.496 e. The monoisotopic (exact) mass is 566 g/mol. The number of aromatic amines is 1. The van der Waals surface area contributed by atoms with E-state index in [2.05, 4.69) is 24.9 Å². The number of nitriles is 1. The number of nitro groups is 1. The number of aromatic nitrogens is 1. The fraction of sp³-hybridized carbons (Fsp3) is 0.281. The number of benzene rings is 2. The van der Waals surface area contributed by atoms with Gasteiger partial charge in [0, 0.05) is 41.0 Å². The summed E-state index contributed by atoms with van der Waals surface area (Å²) in [5.74, 6) is 0.627. The van der Waals surface area contributed by atoms with Gasteiger partial charge in [-0.1, -0.05) is 19.9 Å². The average molecular weight is 567 g/mol. The van der Waals surface area contributed by atoms with Gasteiger partial charge in [0.1, 0.15) is 29.6 Å². The number of H-pyrrole nitrogens is 1. The number of rotatable bonds is 7. The SMILES string of the molecule is COc1ccc(C2C(C#N)=C(N)N(c3ccc[nH+]c3)C3=C2C(=O)CC(C)(C)C3)cc1COc1ccc([N+](=O)[O-])c(C)c1. The van der Waals surface area contributed by atoms with Crippen molar-refractivity contribution in [2.24, 2.45) is 11.1 Å². The number of carbonyl (C=O) groups is 1. The maximum atomic E-state index is 13.8. The Morgan fingerprint density at radius 3 is 2.64 bits per heavy atom. The number of Topliss-reactive ketones (excluding diaryl/α,β-unsaturated/α-hetero) is 1. The Morgan fingerprint density at radius 2 is 2.00 bits per heavy atom. The first kappa shape index (κ1) is 28.4. The second kappa shape index (κ2) is 11.0. The molecular weight excluding hydrogens is 534 g/mol. The highest BCUT2D eigenvalue weighted by atomic mass is 16.6. The van der Waals surface area contributed by atoms with Gasteiger partial charge in [-0.2, -0.15) is 5.26 Å². The molecular formula is C32H32N5O5+. The molecule has 0 amide bonds. The number of aryl methyl sites for hydroxylation is 1. The van der Waals surface area contributed by atoms with Crippen LogP contribution in [0.5, 0.6) is 11.5 Å². The van der Waals surface area contributed by atoms with Gasteiger partial charge in [0.05, 0.1) is 29.6 Å². The standard InChI is InChI=1S/C32H31N5O5/c1-19-12-23(8-9-25(19)37(39)40)42-18-21-13-20(7-10-28(21)41-4)29-24(16-33)31(34)36(22-6-5-11-35-17-22)26-14-32(2,3)15-27(38)30(26)29/h5-13,17,29H,14-15,18,34H2,1-4H3/p+1. The number of carbonyl (C=O) groups excluding carboxylic acids is 1. The lowest BCUT2D eigenvalue weighted by Gasteiger charge is -2.43. The Balaban J connectivity index is 1.59. The smallest absolute Gasteiger partial charge is 0.272 e. The van der Waals surface area contributed by atoms with Crippen molar-refractivity contribution in [3.63, 3.8) is 0 Å². The highest BCUT2D eigenvalue weighted by molar-refractivity contribution is 6.01. The van der Waals surface area contributed by atoms with Crippen LogP contribution in [0.15, 0.2) is 83.6 Å². The minimum absolute atomic E-state index is 0.0134. The van der Waals surface area contributed by atoms with Crippen LogP contribution >= 0.6 is 0 Å². The van der Waals surface area contributed by atoms with E-state index in [4.69, 9.17) is 15.2 Å². The lowest BCUT2D eigenvalue weighted by atomic mass is 9.68. The Kier molecular flexibility index (Phi) is 7.44. The molecule has 0 saturated heterocycles. The molecule has 2 heterocycles. The summed E-state index contributed by atoms with van der Waals surface area (Å²) >= 11 is 0. The summed E-state index contributed by atoms with van der Waals surface area (Å²) in [4.78, 5) is 29.5. The molecule has 1 aliphatic carbocycles. The average Bonchev–Trinajstić information content (AvgIpc) is 2.95. The van der Waals surface area contributed by atoms with Crippen LogP contribution < -0.4 is 25.1 Å². The maximum absolute atomic E-state index is 13.8. The number of anilines is 1. The summed E-state index contributed by atoms with van der Waals surface area (Å²) in [6, 6.07) is 16.1. The molecule has 42 heavy (non-hydrogen) atoms. The molecule has 3 N–H and O–H groups in total. The summed E-state index contributed by atoms with van der Waals surface area (Å²) in [7, 11) is 1.55. The lowest BCUT2D eigenvalue weighted by Crippen LogP contribution is -2.42. The van der Waals surface area contributed by atoms with Crippen LogP contribution in [0.2, 0.25) is 0 Å². The van der Waals surface area contributed by atoms with Crippen molar-refractivity contribution in [1.29, 1.82) is 5.26 Å². The number of allylic oxidation sites excluding steroid dienone is 3. The third-order valence-electron chi connectivity index (χ3n) is 7.73. The van der Waals surface area contributed by atoms with Crippen LogP contribution in [-0.4, -0.2) is 17.8 Å². The number of nitrogens with zero attached hydrogens (tertiary/aromatic N) is 3. The molecule has 214 valence electrons. The number of methoxy groups -OCH3 is 1. The maximum Gasteiger partial charge on any atom is 0.272 e. The second-order valence-corrected chi connectivity index (χ2v) is 11.3. The molecule has 0 bridgehead atoms. The summed E-state index contributed by atoms with van der Waals surface area (Å²) < 4.78 is 11.6. The van der Waals surface area contributed by atoms with E-state index >= 15 is 0 Å². The van der Waals surface area contributed by atoms with Crippen LogP contribution in [0.25, 0.3) is 0 Å².